The smallest absolute Gasteiger partial charge is 0.230 e. The van der Waals surface area contributed by atoms with E-state index >= 15 is 0 Å². The van der Waals surface area contributed by atoms with Crippen LogP contribution in [0.15, 0.2) is 18.2 Å². The van der Waals surface area contributed by atoms with Gasteiger partial charge in [-0.15, -0.1) is 12.4 Å². The number of phenols is 1. The maximum Gasteiger partial charge on any atom is 0.230 e. The van der Waals surface area contributed by atoms with Gasteiger partial charge in [-0.3, -0.25) is 19.4 Å². The minimum absolute atomic E-state index is 0. The van der Waals surface area contributed by atoms with Gasteiger partial charge in [-0.05, 0) is 38.8 Å². The number of piperazine rings is 1. The van der Waals surface area contributed by atoms with Crippen molar-refractivity contribution in [3.05, 3.63) is 18.2 Å². The Kier molecular flexibility index (Phi) is 8.16. The highest BCUT2D eigenvalue weighted by atomic mass is 35.5. The monoisotopic (exact) mass is 425 g/mol. The molecular weight excluding hydrogens is 394 g/mol. The number of benzene rings is 1. The van der Waals surface area contributed by atoms with Crippen molar-refractivity contribution in [3.8, 4) is 11.5 Å². The summed E-state index contributed by atoms with van der Waals surface area (Å²) in [6, 6.07) is 5.34. The van der Waals surface area contributed by atoms with Crippen molar-refractivity contribution < 1.29 is 19.4 Å². The van der Waals surface area contributed by atoms with Gasteiger partial charge in [-0.1, -0.05) is 13.0 Å². The number of piperidine rings is 1. The van der Waals surface area contributed by atoms with Crippen molar-refractivity contribution in [2.75, 3.05) is 31.1 Å². The molecule has 0 spiro atoms. The number of para-hydroxylation sites is 1. The molecule has 2 aliphatic rings. The lowest BCUT2D eigenvalue weighted by atomic mass is 10.1. The first-order chi connectivity index (χ1) is 13.4. The molecule has 162 valence electrons. The number of carbonyl (C=O) groups is 2. The Morgan fingerprint density at radius 3 is 2.24 bits per heavy atom. The zero-order chi connectivity index (χ0) is 20.3. The van der Waals surface area contributed by atoms with Crippen LogP contribution in [-0.4, -0.2) is 65.2 Å². The molecule has 1 atom stereocenters. The first-order valence-electron chi connectivity index (χ1n) is 10.2. The summed E-state index contributed by atoms with van der Waals surface area (Å²) in [4.78, 5) is 30.5. The van der Waals surface area contributed by atoms with E-state index in [1.165, 1.54) is 4.90 Å². The molecule has 1 aromatic carbocycles. The lowest BCUT2D eigenvalue weighted by Gasteiger charge is -2.44. The topological polar surface area (TPSA) is 73.3 Å². The summed E-state index contributed by atoms with van der Waals surface area (Å²) < 4.78 is 5.89. The summed E-state index contributed by atoms with van der Waals surface area (Å²) in [6.45, 7) is 8.76. The van der Waals surface area contributed by atoms with Gasteiger partial charge in [-0.25, -0.2) is 0 Å². The molecule has 29 heavy (non-hydrogen) atoms. The molecule has 2 saturated heterocycles. The van der Waals surface area contributed by atoms with Crippen molar-refractivity contribution in [2.45, 2.75) is 58.7 Å². The van der Waals surface area contributed by atoms with E-state index in [1.807, 2.05) is 26.8 Å². The molecule has 2 amide bonds. The fraction of sp³-hybridized carbons (Fsp3) is 0.619. The lowest BCUT2D eigenvalue weighted by molar-refractivity contribution is -0.156. The van der Waals surface area contributed by atoms with Crippen molar-refractivity contribution in [3.63, 3.8) is 0 Å². The third-order valence-corrected chi connectivity index (χ3v) is 5.37. The maximum absolute atomic E-state index is 12.3. The molecule has 3 rings (SSSR count). The van der Waals surface area contributed by atoms with Crippen LogP contribution in [0.4, 0.5) is 5.69 Å². The standard InChI is InChI=1S/C21H31N3O4.ClH/c1-4-18(24-19(26)9-6-10-20(24)27)22-11-13-23(14-12-22)21-16(25)7-5-8-17(21)28-15(2)3;/h5,7-8,15,18,25H,4,6,9-14H2,1-3H3;1H. The fourth-order valence-electron chi connectivity index (χ4n) is 4.13. The minimum Gasteiger partial charge on any atom is -0.506 e. The summed E-state index contributed by atoms with van der Waals surface area (Å²) in [5.74, 6) is 0.773. The fourth-order valence-corrected chi connectivity index (χ4v) is 4.13. The highest BCUT2D eigenvalue weighted by molar-refractivity contribution is 5.97. The van der Waals surface area contributed by atoms with Gasteiger partial charge >= 0.3 is 0 Å². The highest BCUT2D eigenvalue weighted by Crippen LogP contribution is 2.38. The van der Waals surface area contributed by atoms with Gasteiger partial charge in [-0.2, -0.15) is 0 Å². The summed E-state index contributed by atoms with van der Waals surface area (Å²) in [5, 5.41) is 10.4. The Labute approximate surface area is 179 Å². The first-order valence-corrected chi connectivity index (χ1v) is 10.2. The number of aromatic hydroxyl groups is 1. The van der Waals surface area contributed by atoms with Gasteiger partial charge in [0.15, 0.2) is 0 Å². The SMILES string of the molecule is CCC(N1CCN(c2c(O)cccc2OC(C)C)CC1)N1C(=O)CCCC1=O.Cl. The van der Waals surface area contributed by atoms with Crippen LogP contribution in [-0.2, 0) is 9.59 Å². The predicted octanol–water partition coefficient (Wildman–Crippen LogP) is 3.00. The van der Waals surface area contributed by atoms with E-state index in [1.54, 1.807) is 12.1 Å². The second-order valence-electron chi connectivity index (χ2n) is 7.71. The van der Waals surface area contributed by atoms with E-state index in [0.29, 0.717) is 56.9 Å². The molecule has 2 fully saturated rings. The van der Waals surface area contributed by atoms with Crippen LogP contribution < -0.4 is 9.64 Å². The molecule has 0 bridgehead atoms. The number of ether oxygens (including phenoxy) is 1. The highest BCUT2D eigenvalue weighted by Gasteiger charge is 2.36. The van der Waals surface area contributed by atoms with Gasteiger partial charge in [0.1, 0.15) is 17.2 Å². The number of phenolic OH excluding ortho intramolecular Hbond substituents is 1. The molecular formula is C21H32ClN3O4. The number of hydrogen-bond acceptors (Lipinski definition) is 6. The molecule has 0 aliphatic carbocycles. The van der Waals surface area contributed by atoms with Crippen LogP contribution in [0.3, 0.4) is 0 Å². The van der Waals surface area contributed by atoms with Crippen LogP contribution in [0.5, 0.6) is 11.5 Å². The number of hydrogen-bond donors (Lipinski definition) is 1. The van der Waals surface area contributed by atoms with Crippen molar-refractivity contribution in [2.24, 2.45) is 0 Å². The van der Waals surface area contributed by atoms with E-state index in [4.69, 9.17) is 4.74 Å². The van der Waals surface area contributed by atoms with E-state index in [2.05, 4.69) is 9.80 Å². The number of amides is 2. The number of halogens is 1. The molecule has 8 heteroatoms. The summed E-state index contributed by atoms with van der Waals surface area (Å²) in [6.07, 6.45) is 2.12. The van der Waals surface area contributed by atoms with Gasteiger partial charge in [0.2, 0.25) is 11.8 Å². The second kappa shape index (κ2) is 10.2. The quantitative estimate of drug-likeness (QED) is 0.706. The number of carbonyl (C=O) groups excluding carboxylic acids is 2. The van der Waals surface area contributed by atoms with Gasteiger partial charge in [0.05, 0.1) is 12.3 Å². The minimum atomic E-state index is -0.182. The summed E-state index contributed by atoms with van der Waals surface area (Å²) >= 11 is 0. The van der Waals surface area contributed by atoms with Crippen LogP contribution in [0, 0.1) is 0 Å². The normalized spacial score (nSPS) is 19.3. The number of anilines is 1. The van der Waals surface area contributed by atoms with Crippen LogP contribution in [0.25, 0.3) is 0 Å². The zero-order valence-corrected chi connectivity index (χ0v) is 18.3. The van der Waals surface area contributed by atoms with E-state index in [9.17, 15) is 14.7 Å². The maximum atomic E-state index is 12.3. The van der Waals surface area contributed by atoms with Crippen LogP contribution in [0.2, 0.25) is 0 Å². The van der Waals surface area contributed by atoms with Crippen molar-refractivity contribution in [1.29, 1.82) is 0 Å². The second-order valence-corrected chi connectivity index (χ2v) is 7.71. The summed E-state index contributed by atoms with van der Waals surface area (Å²) in [7, 11) is 0. The Balaban J connectivity index is 0.00000300. The van der Waals surface area contributed by atoms with Crippen LogP contribution >= 0.6 is 12.4 Å². The number of imide groups is 1. The zero-order valence-electron chi connectivity index (χ0n) is 17.5. The Bertz CT molecular complexity index is 704. The third kappa shape index (κ3) is 5.14. The number of nitrogens with zero attached hydrogens (tertiary/aromatic N) is 3. The van der Waals surface area contributed by atoms with Crippen molar-refractivity contribution >= 4 is 29.9 Å². The molecule has 0 saturated carbocycles. The molecule has 1 N–H and O–H groups in total. The summed E-state index contributed by atoms with van der Waals surface area (Å²) in [5.41, 5.74) is 0.717. The third-order valence-electron chi connectivity index (χ3n) is 5.37. The molecule has 0 aromatic heterocycles. The predicted molar refractivity (Wildman–Crippen MR) is 115 cm³/mol. The first kappa shape index (κ1) is 23.3. The van der Waals surface area contributed by atoms with E-state index in [0.717, 1.165) is 6.42 Å². The lowest BCUT2D eigenvalue weighted by Crippen LogP contribution is -2.59. The Hall–Kier alpha value is -1.99. The molecule has 1 aromatic rings. The van der Waals surface area contributed by atoms with Crippen LogP contribution in [0.1, 0.15) is 46.5 Å². The Morgan fingerprint density at radius 1 is 1.07 bits per heavy atom. The van der Waals surface area contributed by atoms with Crippen molar-refractivity contribution in [1.82, 2.24) is 9.80 Å². The molecule has 7 nitrogen and oxygen atoms in total. The van der Waals surface area contributed by atoms with Gasteiger partial charge in [0.25, 0.3) is 0 Å². The number of rotatable bonds is 6. The van der Waals surface area contributed by atoms with E-state index in [-0.39, 0.29) is 42.2 Å². The molecule has 0 radical (unpaired) electrons. The Morgan fingerprint density at radius 2 is 1.69 bits per heavy atom. The molecule has 2 aliphatic heterocycles. The molecule has 2 heterocycles. The largest absolute Gasteiger partial charge is 0.506 e. The number of likely N-dealkylation sites (tertiary alicyclic amines) is 1. The molecule has 1 unspecified atom stereocenters. The average Bonchev–Trinajstić information content (AvgIpc) is 2.65. The van der Waals surface area contributed by atoms with Gasteiger partial charge < -0.3 is 14.7 Å². The van der Waals surface area contributed by atoms with Gasteiger partial charge in [0, 0.05) is 39.0 Å². The average molecular weight is 426 g/mol. The van der Waals surface area contributed by atoms with E-state index < -0.39 is 0 Å².